The van der Waals surface area contributed by atoms with Crippen molar-refractivity contribution in [3.63, 3.8) is 0 Å². The van der Waals surface area contributed by atoms with E-state index in [1.807, 2.05) is 97.1 Å². The highest BCUT2D eigenvalue weighted by Gasteiger charge is 2.61. The van der Waals surface area contributed by atoms with Crippen molar-refractivity contribution in [2.45, 2.75) is 31.3 Å². The van der Waals surface area contributed by atoms with E-state index in [0.717, 1.165) is 11.1 Å². The van der Waals surface area contributed by atoms with E-state index in [2.05, 4.69) is 31.2 Å². The number of carbonyl (C=O) groups excluding carboxylic acids is 2. The quantitative estimate of drug-likeness (QED) is 0.115. The van der Waals surface area contributed by atoms with Crippen LogP contribution in [0.5, 0.6) is 0 Å². The lowest BCUT2D eigenvalue weighted by Crippen LogP contribution is -3.10. The number of hydrogen-bond acceptors (Lipinski definition) is 3. The van der Waals surface area contributed by atoms with Gasteiger partial charge < -0.3 is 0 Å². The molecule has 1 saturated carbocycles. The molecule has 0 aromatic heterocycles. The number of ketones is 1. The largest absolute Gasteiger partial charge is 0.478 e. The minimum absolute atomic E-state index is 0.0732. The predicted octanol–water partition coefficient (Wildman–Crippen LogP) is 6.98. The summed E-state index contributed by atoms with van der Waals surface area (Å²) >= 11 is 0. The van der Waals surface area contributed by atoms with Gasteiger partial charge in [0.05, 0.1) is 11.1 Å². The molecule has 0 heterocycles. The lowest BCUT2D eigenvalue weighted by Gasteiger charge is -2.23. The van der Waals surface area contributed by atoms with Gasteiger partial charge >= 0.3 is 11.8 Å². The van der Waals surface area contributed by atoms with Gasteiger partial charge in [-0.2, -0.15) is 0 Å². The first kappa shape index (κ1) is 27.4. The highest BCUT2D eigenvalue weighted by molar-refractivity contribution is 6.02. The molecule has 42 heavy (non-hydrogen) atoms. The molecule has 4 heteroatoms. The van der Waals surface area contributed by atoms with Crippen LogP contribution in [-0.4, -0.2) is 11.8 Å². The third-order valence-corrected chi connectivity index (χ3v) is 8.32. The van der Waals surface area contributed by atoms with Crippen LogP contribution in [0.25, 0.3) is 0 Å². The second-order valence-corrected chi connectivity index (χ2v) is 11.0. The molecule has 4 nitrogen and oxygen atoms in total. The predicted molar refractivity (Wildman–Crippen MR) is 164 cm³/mol. The molecule has 1 radical (unpaired) electrons. The maximum absolute atomic E-state index is 13.8. The molecule has 1 unspecified atom stereocenters. The highest BCUT2D eigenvalue weighted by atomic mass is 16.7. The van der Waals surface area contributed by atoms with E-state index >= 15 is 0 Å². The van der Waals surface area contributed by atoms with Gasteiger partial charge in [0.25, 0.3) is 0 Å². The number of carbonyl (C=O) groups is 2. The van der Waals surface area contributed by atoms with Crippen LogP contribution >= 0.6 is 0 Å². The van der Waals surface area contributed by atoms with E-state index in [9.17, 15) is 9.59 Å². The summed E-state index contributed by atoms with van der Waals surface area (Å²) in [6.07, 6.45) is 0. The summed E-state index contributed by atoms with van der Waals surface area (Å²) in [6, 6.07) is 47.5. The number of Topliss-reactive ketones (excluding diaryl/α,β-unsaturated/α-hetero) is 1. The average Bonchev–Trinajstić information content (AvgIpc) is 3.81. The Bertz CT molecular complexity index is 1580. The van der Waals surface area contributed by atoms with Crippen LogP contribution in [0.3, 0.4) is 0 Å². The molecule has 1 N–H and O–H groups in total. The van der Waals surface area contributed by atoms with Crippen LogP contribution in [0.4, 0.5) is 0 Å². The third-order valence-electron chi connectivity index (χ3n) is 8.32. The maximum atomic E-state index is 13.8. The Hall–Kier alpha value is -4.80. The summed E-state index contributed by atoms with van der Waals surface area (Å²) in [4.78, 5) is 33.2. The molecule has 0 amide bonds. The van der Waals surface area contributed by atoms with Gasteiger partial charge in [-0.1, -0.05) is 121 Å². The van der Waals surface area contributed by atoms with Crippen molar-refractivity contribution in [1.82, 2.24) is 0 Å². The Morgan fingerprint density at radius 3 is 1.64 bits per heavy atom. The zero-order chi connectivity index (χ0) is 28.9. The first-order valence-electron chi connectivity index (χ1n) is 14.5. The van der Waals surface area contributed by atoms with Crippen LogP contribution in [0.1, 0.15) is 67.8 Å². The molecular weight excluding hydrogens is 518 g/mol. The van der Waals surface area contributed by atoms with Crippen LogP contribution in [0, 0.1) is 5.92 Å². The summed E-state index contributed by atoms with van der Waals surface area (Å²) in [7, 11) is 0. The lowest BCUT2D eigenvalue weighted by atomic mass is 10.0. The number of hydrogen-bond donors (Lipinski definition) is 1. The fourth-order valence-corrected chi connectivity index (χ4v) is 5.96. The number of benzene rings is 5. The summed E-state index contributed by atoms with van der Waals surface area (Å²) in [5, 5.41) is 0.687. The Morgan fingerprint density at radius 2 is 1.12 bits per heavy atom. The molecular formula is C38H34NO3+2. The summed E-state index contributed by atoms with van der Waals surface area (Å²) in [6.45, 7) is 2.59. The second kappa shape index (κ2) is 12.4. The van der Waals surface area contributed by atoms with Crippen molar-refractivity contribution in [3.05, 3.63) is 179 Å². The van der Waals surface area contributed by atoms with Crippen LogP contribution < -0.4 is 5.06 Å². The van der Waals surface area contributed by atoms with Crippen LogP contribution in [-0.2, 0) is 11.4 Å². The topological polar surface area (TPSA) is 50.6 Å². The minimum Gasteiger partial charge on any atom is -0.272 e. The molecule has 207 valence electrons. The molecule has 1 aliphatic rings. The number of rotatable bonds is 10. The van der Waals surface area contributed by atoms with Gasteiger partial charge in [-0.05, 0) is 42.3 Å². The van der Waals surface area contributed by atoms with E-state index in [-0.39, 0.29) is 29.6 Å². The fourth-order valence-electron chi connectivity index (χ4n) is 5.96. The lowest BCUT2D eigenvalue weighted by molar-refractivity contribution is -1.11. The van der Waals surface area contributed by atoms with Gasteiger partial charge in [0.1, 0.15) is 18.5 Å². The van der Waals surface area contributed by atoms with Crippen molar-refractivity contribution in [3.8, 4) is 0 Å². The molecule has 0 bridgehead atoms. The first-order chi connectivity index (χ1) is 20.6. The molecule has 6 rings (SSSR count). The molecule has 1 fully saturated rings. The SMILES string of the molecule is C[C@H](c1ccccc1)[NH+](Cc1ccccc1)OC(=O)c1ccc(C(=[O+])C2[C@H](c3ccccc3)[C@H]2c2ccccc2)cc1. The van der Waals surface area contributed by atoms with E-state index in [1.54, 1.807) is 24.3 Å². The van der Waals surface area contributed by atoms with Crippen molar-refractivity contribution < 1.29 is 19.5 Å². The van der Waals surface area contributed by atoms with Gasteiger partial charge in [0, 0.05) is 23.0 Å². The van der Waals surface area contributed by atoms with Gasteiger partial charge in [0.15, 0.2) is 0 Å². The molecule has 0 saturated heterocycles. The Balaban J connectivity index is 1.19. The summed E-state index contributed by atoms with van der Waals surface area (Å²) in [5.74, 6) is -0.170. The minimum atomic E-state index is -0.418. The van der Waals surface area contributed by atoms with E-state index in [4.69, 9.17) is 4.84 Å². The first-order valence-corrected chi connectivity index (χ1v) is 14.5. The number of quaternary nitrogens is 1. The van der Waals surface area contributed by atoms with Crippen molar-refractivity contribution >= 4 is 11.8 Å². The molecule has 5 aromatic carbocycles. The van der Waals surface area contributed by atoms with Crippen molar-refractivity contribution in [2.75, 3.05) is 0 Å². The highest BCUT2D eigenvalue weighted by Crippen LogP contribution is 2.61. The fraction of sp³-hybridized carbons (Fsp3) is 0.158. The second-order valence-electron chi connectivity index (χ2n) is 11.0. The van der Waals surface area contributed by atoms with Gasteiger partial charge in [-0.25, -0.2) is 4.79 Å². The Labute approximate surface area is 247 Å². The van der Waals surface area contributed by atoms with Crippen molar-refractivity contribution in [1.29, 1.82) is 0 Å². The van der Waals surface area contributed by atoms with Gasteiger partial charge in [-0.3, -0.25) is 4.84 Å². The van der Waals surface area contributed by atoms with Crippen LogP contribution in [0.2, 0.25) is 0 Å². The van der Waals surface area contributed by atoms with E-state index in [1.165, 1.54) is 11.1 Å². The number of hydroxylamine groups is 2. The van der Waals surface area contributed by atoms with E-state index in [0.29, 0.717) is 22.7 Å². The molecule has 1 aliphatic carbocycles. The zero-order valence-electron chi connectivity index (χ0n) is 23.6. The Morgan fingerprint density at radius 1 is 0.667 bits per heavy atom. The average molecular weight is 553 g/mol. The molecule has 5 aromatic rings. The van der Waals surface area contributed by atoms with Crippen LogP contribution in [0.15, 0.2) is 146 Å². The van der Waals surface area contributed by atoms with Gasteiger partial charge in [0.2, 0.25) is 4.79 Å². The monoisotopic (exact) mass is 552 g/mol. The normalized spacial score (nSPS) is 18.9. The standard InChI is InChI=1S/C38H33NO3/c1-27(29-16-8-3-9-17-29)39(26-28-14-6-2-7-15-28)42-38(41)33-24-22-32(23-25-33)37(40)36-34(30-18-10-4-11-19-30)35(36)31-20-12-5-13-21-31/h2-25,27,34-36H,26H2,1H3/q+1/p+1/t27-,34-,35-/m1/s1. The zero-order valence-corrected chi connectivity index (χ0v) is 23.6. The van der Waals surface area contributed by atoms with E-state index < -0.39 is 5.97 Å². The van der Waals surface area contributed by atoms with Crippen molar-refractivity contribution in [2.24, 2.45) is 5.92 Å². The number of nitrogens with one attached hydrogen (secondary N) is 1. The summed E-state index contributed by atoms with van der Waals surface area (Å²) in [5.41, 5.74) is 5.56. The molecule has 4 atom stereocenters. The third kappa shape index (κ3) is 5.95. The molecule has 0 spiro atoms. The van der Waals surface area contributed by atoms with Gasteiger partial charge in [-0.15, -0.1) is 5.06 Å². The smallest absolute Gasteiger partial charge is 0.272 e. The maximum Gasteiger partial charge on any atom is 0.478 e. The summed E-state index contributed by atoms with van der Waals surface area (Å²) < 4.78 is 0. The Kier molecular flexibility index (Phi) is 8.07. The molecule has 0 aliphatic heterocycles.